The van der Waals surface area contributed by atoms with Crippen LogP contribution in [-0.2, 0) is 9.53 Å². The molecule has 0 aromatic carbocycles. The average molecular weight is 175 g/mol. The van der Waals surface area contributed by atoms with Gasteiger partial charge in [-0.25, -0.2) is 0 Å². The number of alkyl halides is 1. The van der Waals surface area contributed by atoms with Gasteiger partial charge in [-0.1, -0.05) is 6.92 Å². The monoisotopic (exact) mass is 174 g/mol. The molecule has 2 rings (SSSR count). The molecule has 2 nitrogen and oxygen atoms in total. The van der Waals surface area contributed by atoms with Gasteiger partial charge in [0.1, 0.15) is 6.10 Å². The lowest BCUT2D eigenvalue weighted by atomic mass is 9.81. The van der Waals surface area contributed by atoms with Crippen LogP contribution in [0.25, 0.3) is 0 Å². The van der Waals surface area contributed by atoms with Gasteiger partial charge in [0.2, 0.25) is 0 Å². The zero-order valence-electron chi connectivity index (χ0n) is 6.42. The first-order valence-corrected chi connectivity index (χ1v) is 4.48. The van der Waals surface area contributed by atoms with Crippen molar-refractivity contribution >= 4 is 17.6 Å². The number of carbonyl (C=O) groups is 1. The quantitative estimate of drug-likeness (QED) is 0.412. The van der Waals surface area contributed by atoms with Gasteiger partial charge in [-0.15, -0.1) is 11.6 Å². The zero-order valence-corrected chi connectivity index (χ0v) is 7.17. The smallest absolute Gasteiger partial charge is 0.309 e. The van der Waals surface area contributed by atoms with Crippen LogP contribution in [0.3, 0.4) is 0 Å². The average Bonchev–Trinajstić information content (AvgIpc) is 2.12. The molecular formula is C8H11ClO2. The first kappa shape index (κ1) is 7.41. The summed E-state index contributed by atoms with van der Waals surface area (Å²) in [5.74, 6) is 0.430. The Balaban J connectivity index is 2.23. The van der Waals surface area contributed by atoms with E-state index >= 15 is 0 Å². The summed E-state index contributed by atoms with van der Waals surface area (Å²) in [7, 11) is 0. The van der Waals surface area contributed by atoms with E-state index in [1.54, 1.807) is 0 Å². The van der Waals surface area contributed by atoms with E-state index in [0.717, 1.165) is 12.8 Å². The number of rotatable bonds is 0. The van der Waals surface area contributed by atoms with Crippen LogP contribution in [-0.4, -0.2) is 17.5 Å². The molecule has 1 saturated heterocycles. The molecule has 0 amide bonds. The van der Waals surface area contributed by atoms with Crippen molar-refractivity contribution in [2.75, 3.05) is 0 Å². The van der Waals surface area contributed by atoms with Gasteiger partial charge in [0, 0.05) is 5.92 Å². The van der Waals surface area contributed by atoms with Gasteiger partial charge in [0.05, 0.1) is 11.3 Å². The fourth-order valence-electron chi connectivity index (χ4n) is 2.06. The van der Waals surface area contributed by atoms with E-state index in [2.05, 4.69) is 6.92 Å². The van der Waals surface area contributed by atoms with E-state index in [4.69, 9.17) is 16.3 Å². The van der Waals surface area contributed by atoms with E-state index in [9.17, 15) is 4.79 Å². The molecule has 11 heavy (non-hydrogen) atoms. The Morgan fingerprint density at radius 3 is 2.91 bits per heavy atom. The predicted octanol–water partition coefficient (Wildman–Crippen LogP) is 1.57. The molecule has 1 saturated carbocycles. The van der Waals surface area contributed by atoms with Crippen molar-refractivity contribution in [2.24, 2.45) is 11.8 Å². The summed E-state index contributed by atoms with van der Waals surface area (Å²) >= 11 is 5.99. The molecule has 1 unspecified atom stereocenters. The van der Waals surface area contributed by atoms with Crippen molar-refractivity contribution in [3.63, 3.8) is 0 Å². The van der Waals surface area contributed by atoms with E-state index in [-0.39, 0.29) is 23.4 Å². The predicted molar refractivity (Wildman–Crippen MR) is 41.4 cm³/mol. The van der Waals surface area contributed by atoms with Gasteiger partial charge < -0.3 is 4.74 Å². The van der Waals surface area contributed by atoms with Crippen LogP contribution in [0.5, 0.6) is 0 Å². The highest BCUT2D eigenvalue weighted by molar-refractivity contribution is 6.21. The van der Waals surface area contributed by atoms with E-state index in [1.165, 1.54) is 0 Å². The second-order valence-electron chi connectivity index (χ2n) is 3.46. The van der Waals surface area contributed by atoms with Crippen LogP contribution in [0.15, 0.2) is 0 Å². The van der Waals surface area contributed by atoms with Crippen molar-refractivity contribution in [1.29, 1.82) is 0 Å². The second-order valence-corrected chi connectivity index (χ2v) is 4.02. The Morgan fingerprint density at radius 2 is 2.27 bits per heavy atom. The highest BCUT2D eigenvalue weighted by Crippen LogP contribution is 2.41. The Labute approximate surface area is 70.9 Å². The lowest BCUT2D eigenvalue weighted by Crippen LogP contribution is -2.32. The highest BCUT2D eigenvalue weighted by Gasteiger charge is 2.48. The van der Waals surface area contributed by atoms with Crippen LogP contribution >= 0.6 is 11.6 Å². The summed E-state index contributed by atoms with van der Waals surface area (Å²) in [5.41, 5.74) is 0. The molecule has 3 heteroatoms. The van der Waals surface area contributed by atoms with Crippen LogP contribution in [0.1, 0.15) is 19.8 Å². The molecule has 0 aromatic rings. The standard InChI is InChI=1S/C8H11ClO2/c1-4-5-2-3-6(9)7(4)11-8(5)10/h4-7H,2-3H2,1H3/t4?,5-,6+,7-/m0/s1. The summed E-state index contributed by atoms with van der Waals surface area (Å²) in [5, 5.41) is 0.0488. The van der Waals surface area contributed by atoms with Gasteiger partial charge in [-0.2, -0.15) is 0 Å². The minimum Gasteiger partial charge on any atom is -0.460 e. The third-order valence-corrected chi connectivity index (χ3v) is 3.28. The molecule has 4 atom stereocenters. The SMILES string of the molecule is CC1[C@@H]2CC[C@@H](Cl)[C@H]1OC2=O. The molecule has 0 spiro atoms. The number of ether oxygens (including phenoxy) is 1. The van der Waals surface area contributed by atoms with Crippen LogP contribution in [0.4, 0.5) is 0 Å². The molecule has 1 aliphatic carbocycles. The minimum absolute atomic E-state index is 0.0112. The third-order valence-electron chi connectivity index (χ3n) is 2.82. The van der Waals surface area contributed by atoms with Crippen molar-refractivity contribution in [2.45, 2.75) is 31.2 Å². The second kappa shape index (κ2) is 2.37. The lowest BCUT2D eigenvalue weighted by molar-refractivity contribution is -0.143. The first-order chi connectivity index (χ1) is 5.20. The molecule has 2 fully saturated rings. The molecule has 0 radical (unpaired) electrons. The normalized spacial score (nSPS) is 49.1. The fourth-order valence-corrected chi connectivity index (χ4v) is 2.47. The van der Waals surface area contributed by atoms with Crippen LogP contribution in [0.2, 0.25) is 0 Å². The first-order valence-electron chi connectivity index (χ1n) is 4.04. The summed E-state index contributed by atoms with van der Waals surface area (Å²) in [6.07, 6.45) is 1.82. The topological polar surface area (TPSA) is 26.3 Å². The number of hydrogen-bond acceptors (Lipinski definition) is 2. The number of carbonyl (C=O) groups excluding carboxylic acids is 1. The molecule has 1 heterocycles. The van der Waals surface area contributed by atoms with E-state index in [0.29, 0.717) is 5.92 Å². The molecule has 0 aromatic heterocycles. The summed E-state index contributed by atoms with van der Waals surface area (Å²) in [6.45, 7) is 2.05. The van der Waals surface area contributed by atoms with Gasteiger partial charge in [0.25, 0.3) is 0 Å². The summed E-state index contributed by atoms with van der Waals surface area (Å²) in [6, 6.07) is 0. The molecule has 1 aliphatic heterocycles. The van der Waals surface area contributed by atoms with Gasteiger partial charge >= 0.3 is 5.97 Å². The molecule has 2 aliphatic rings. The van der Waals surface area contributed by atoms with E-state index in [1.807, 2.05) is 0 Å². The third kappa shape index (κ3) is 0.959. The number of hydrogen-bond donors (Lipinski definition) is 0. The molecule has 0 N–H and O–H groups in total. The fraction of sp³-hybridized carbons (Fsp3) is 0.875. The van der Waals surface area contributed by atoms with Gasteiger partial charge in [-0.05, 0) is 12.8 Å². The maximum absolute atomic E-state index is 11.1. The van der Waals surface area contributed by atoms with Crippen molar-refractivity contribution in [1.82, 2.24) is 0 Å². The van der Waals surface area contributed by atoms with Gasteiger partial charge in [0.15, 0.2) is 0 Å². The summed E-state index contributed by atoms with van der Waals surface area (Å²) < 4.78 is 5.14. The van der Waals surface area contributed by atoms with Crippen molar-refractivity contribution in [3.8, 4) is 0 Å². The largest absolute Gasteiger partial charge is 0.460 e. The number of halogens is 1. The Bertz CT molecular complexity index is 193. The van der Waals surface area contributed by atoms with Crippen molar-refractivity contribution < 1.29 is 9.53 Å². The van der Waals surface area contributed by atoms with E-state index < -0.39 is 0 Å². The number of fused-ring (bicyclic) bond motifs is 2. The van der Waals surface area contributed by atoms with Crippen LogP contribution < -0.4 is 0 Å². The molecular weight excluding hydrogens is 164 g/mol. The summed E-state index contributed by atoms with van der Waals surface area (Å²) in [4.78, 5) is 11.1. The zero-order chi connectivity index (χ0) is 8.01. The van der Waals surface area contributed by atoms with Gasteiger partial charge in [-0.3, -0.25) is 4.79 Å². The number of esters is 1. The maximum atomic E-state index is 11.1. The Kier molecular flexibility index (Phi) is 1.60. The van der Waals surface area contributed by atoms with Crippen molar-refractivity contribution in [3.05, 3.63) is 0 Å². The lowest BCUT2D eigenvalue weighted by Gasteiger charge is -2.26. The maximum Gasteiger partial charge on any atom is 0.309 e. The molecule has 62 valence electrons. The Hall–Kier alpha value is -0.240. The van der Waals surface area contributed by atoms with Crippen LogP contribution in [0, 0.1) is 11.8 Å². The highest BCUT2D eigenvalue weighted by atomic mass is 35.5. The molecule has 2 bridgehead atoms. The Morgan fingerprint density at radius 1 is 1.55 bits per heavy atom. The minimum atomic E-state index is -0.0364.